The maximum absolute atomic E-state index is 13.7. The Hall–Kier alpha value is -3.48. The molecule has 3 heterocycles. The lowest BCUT2D eigenvalue weighted by molar-refractivity contribution is 0.0630. The van der Waals surface area contributed by atoms with Crippen LogP contribution in [-0.4, -0.2) is 53.2 Å². The molecule has 0 bridgehead atoms. The molecule has 172 valence electrons. The van der Waals surface area contributed by atoms with Crippen molar-refractivity contribution >= 4 is 28.4 Å². The van der Waals surface area contributed by atoms with E-state index in [0.29, 0.717) is 23.8 Å². The molecule has 0 atom stereocenters. The lowest BCUT2D eigenvalue weighted by atomic mass is 10.1. The molecule has 1 fully saturated rings. The van der Waals surface area contributed by atoms with Gasteiger partial charge in [0.15, 0.2) is 11.5 Å². The smallest absolute Gasteiger partial charge is 0.257 e. The topological polar surface area (TPSA) is 46.9 Å². The molecule has 6 rings (SSSR count). The van der Waals surface area contributed by atoms with E-state index in [1.165, 1.54) is 5.56 Å². The summed E-state index contributed by atoms with van der Waals surface area (Å²) in [5.74, 6) is 1.58. The Morgan fingerprint density at radius 3 is 2.41 bits per heavy atom. The summed E-state index contributed by atoms with van der Waals surface area (Å²) >= 11 is 6.87. The maximum atomic E-state index is 13.7. The third kappa shape index (κ3) is 3.69. The molecule has 1 saturated heterocycles. The zero-order valence-electron chi connectivity index (χ0n) is 18.6. The normalized spacial score (nSPS) is 15.7. The molecule has 0 N–H and O–H groups in total. The van der Waals surface area contributed by atoms with Gasteiger partial charge in [0, 0.05) is 43.8 Å². The fourth-order valence-corrected chi connectivity index (χ4v) is 5.18. The highest BCUT2D eigenvalue weighted by molar-refractivity contribution is 6.36. The number of fused-ring (bicyclic) bond motifs is 2. The minimum absolute atomic E-state index is 0.0152. The number of carbonyl (C=O) groups is 1. The Bertz CT molecular complexity index is 1360. The quantitative estimate of drug-likeness (QED) is 0.420. The monoisotopic (exact) mass is 473 g/mol. The molecular formula is C27H24ClN3O3. The standard InChI is InChI=1S/C27H24ClN3O3/c28-26-25(21-8-4-5-9-22(21)31(26)20-6-2-1-3-7-20)27(32)30-14-12-29(13-15-30)17-19-10-11-23-24(16-19)34-18-33-23/h1-11,16H,12-15,17-18H2. The maximum Gasteiger partial charge on any atom is 0.257 e. The Kier molecular flexibility index (Phi) is 5.40. The summed E-state index contributed by atoms with van der Waals surface area (Å²) in [6.45, 7) is 4.01. The van der Waals surface area contributed by atoms with Crippen LogP contribution in [0.1, 0.15) is 15.9 Å². The number of piperazine rings is 1. The molecule has 4 aromatic rings. The Morgan fingerprint density at radius 2 is 1.59 bits per heavy atom. The number of hydrogen-bond acceptors (Lipinski definition) is 4. The van der Waals surface area contributed by atoms with Gasteiger partial charge in [0.05, 0.1) is 11.1 Å². The van der Waals surface area contributed by atoms with Crippen LogP contribution in [0, 0.1) is 0 Å². The zero-order chi connectivity index (χ0) is 23.1. The predicted octanol–water partition coefficient (Wildman–Crippen LogP) is 4.97. The summed E-state index contributed by atoms with van der Waals surface area (Å²) in [6, 6.07) is 23.9. The van der Waals surface area contributed by atoms with Crippen LogP contribution in [0.5, 0.6) is 11.5 Å². The first-order valence-electron chi connectivity index (χ1n) is 11.4. The molecule has 6 nitrogen and oxygen atoms in total. The zero-order valence-corrected chi connectivity index (χ0v) is 19.4. The summed E-state index contributed by atoms with van der Waals surface area (Å²) < 4.78 is 12.9. The summed E-state index contributed by atoms with van der Waals surface area (Å²) in [6.07, 6.45) is 0. The van der Waals surface area contributed by atoms with Crippen molar-refractivity contribution in [2.45, 2.75) is 6.54 Å². The minimum Gasteiger partial charge on any atom is -0.454 e. The lowest BCUT2D eigenvalue weighted by Gasteiger charge is -2.34. The van der Waals surface area contributed by atoms with E-state index in [2.05, 4.69) is 11.0 Å². The van der Waals surface area contributed by atoms with Crippen molar-refractivity contribution in [2.75, 3.05) is 33.0 Å². The van der Waals surface area contributed by atoms with Crippen LogP contribution in [0.15, 0.2) is 72.8 Å². The van der Waals surface area contributed by atoms with E-state index in [1.807, 2.05) is 76.2 Å². The molecule has 2 aliphatic heterocycles. The van der Waals surface area contributed by atoms with Crippen LogP contribution in [0.4, 0.5) is 0 Å². The van der Waals surface area contributed by atoms with Gasteiger partial charge in [0.1, 0.15) is 5.15 Å². The lowest BCUT2D eigenvalue weighted by Crippen LogP contribution is -2.48. The fraction of sp³-hybridized carbons (Fsp3) is 0.222. The van der Waals surface area contributed by atoms with Crippen molar-refractivity contribution < 1.29 is 14.3 Å². The van der Waals surface area contributed by atoms with Gasteiger partial charge in [0.2, 0.25) is 6.79 Å². The Balaban J connectivity index is 1.21. The third-order valence-corrected chi connectivity index (χ3v) is 6.91. The van der Waals surface area contributed by atoms with Crippen LogP contribution in [-0.2, 0) is 6.54 Å². The van der Waals surface area contributed by atoms with Crippen molar-refractivity contribution in [3.63, 3.8) is 0 Å². The summed E-state index contributed by atoms with van der Waals surface area (Å²) in [5, 5.41) is 1.34. The first-order valence-corrected chi connectivity index (χ1v) is 11.8. The fourth-order valence-electron chi connectivity index (χ4n) is 4.81. The molecule has 0 spiro atoms. The number of aromatic nitrogens is 1. The van der Waals surface area contributed by atoms with Gasteiger partial charge in [-0.3, -0.25) is 14.3 Å². The highest BCUT2D eigenvalue weighted by Crippen LogP contribution is 2.35. The van der Waals surface area contributed by atoms with Gasteiger partial charge < -0.3 is 14.4 Å². The molecule has 1 amide bonds. The predicted molar refractivity (Wildman–Crippen MR) is 132 cm³/mol. The van der Waals surface area contributed by atoms with Gasteiger partial charge in [-0.2, -0.15) is 0 Å². The van der Waals surface area contributed by atoms with E-state index in [1.54, 1.807) is 0 Å². The number of amides is 1. The van der Waals surface area contributed by atoms with Gasteiger partial charge >= 0.3 is 0 Å². The van der Waals surface area contributed by atoms with Crippen molar-refractivity contribution in [1.82, 2.24) is 14.4 Å². The number of ether oxygens (including phenoxy) is 2. The second-order valence-corrected chi connectivity index (χ2v) is 8.97. The largest absolute Gasteiger partial charge is 0.454 e. The van der Waals surface area contributed by atoms with Crippen LogP contribution in [0.25, 0.3) is 16.6 Å². The molecule has 34 heavy (non-hydrogen) atoms. The molecule has 0 radical (unpaired) electrons. The average molecular weight is 474 g/mol. The number of carbonyl (C=O) groups excluding carboxylic acids is 1. The first-order chi connectivity index (χ1) is 16.7. The summed E-state index contributed by atoms with van der Waals surface area (Å²) in [4.78, 5) is 17.9. The van der Waals surface area contributed by atoms with E-state index in [9.17, 15) is 4.79 Å². The highest BCUT2D eigenvalue weighted by Gasteiger charge is 2.28. The molecule has 3 aromatic carbocycles. The van der Waals surface area contributed by atoms with Gasteiger partial charge in [-0.25, -0.2) is 0 Å². The van der Waals surface area contributed by atoms with Gasteiger partial charge in [-0.1, -0.05) is 54.1 Å². The van der Waals surface area contributed by atoms with Crippen LogP contribution >= 0.6 is 11.6 Å². The minimum atomic E-state index is -0.0152. The van der Waals surface area contributed by atoms with Gasteiger partial charge in [-0.05, 0) is 35.9 Å². The van der Waals surface area contributed by atoms with Gasteiger partial charge in [-0.15, -0.1) is 0 Å². The van der Waals surface area contributed by atoms with E-state index in [0.717, 1.165) is 47.7 Å². The van der Waals surface area contributed by atoms with Crippen molar-refractivity contribution in [3.05, 3.63) is 89.1 Å². The van der Waals surface area contributed by atoms with Crippen LogP contribution < -0.4 is 9.47 Å². The van der Waals surface area contributed by atoms with Crippen molar-refractivity contribution in [2.24, 2.45) is 0 Å². The number of rotatable bonds is 4. The highest BCUT2D eigenvalue weighted by atomic mass is 35.5. The Labute approximate surface area is 202 Å². The summed E-state index contributed by atoms with van der Waals surface area (Å²) in [7, 11) is 0. The molecule has 0 saturated carbocycles. The molecule has 1 aromatic heterocycles. The molecular weight excluding hydrogens is 450 g/mol. The second kappa shape index (κ2) is 8.70. The molecule has 7 heteroatoms. The Morgan fingerprint density at radius 1 is 0.853 bits per heavy atom. The average Bonchev–Trinajstić information content (AvgIpc) is 3.46. The van der Waals surface area contributed by atoms with E-state index >= 15 is 0 Å². The molecule has 2 aliphatic rings. The number of para-hydroxylation sites is 2. The van der Waals surface area contributed by atoms with Crippen molar-refractivity contribution in [1.29, 1.82) is 0 Å². The van der Waals surface area contributed by atoms with E-state index in [-0.39, 0.29) is 12.7 Å². The number of benzene rings is 3. The first kappa shape index (κ1) is 21.1. The van der Waals surface area contributed by atoms with E-state index in [4.69, 9.17) is 21.1 Å². The van der Waals surface area contributed by atoms with Gasteiger partial charge in [0.25, 0.3) is 5.91 Å². The summed E-state index contributed by atoms with van der Waals surface area (Å²) in [5.41, 5.74) is 3.63. The number of halogens is 1. The van der Waals surface area contributed by atoms with Crippen LogP contribution in [0.3, 0.4) is 0 Å². The van der Waals surface area contributed by atoms with Crippen molar-refractivity contribution in [3.8, 4) is 17.2 Å². The third-order valence-electron chi connectivity index (χ3n) is 6.55. The number of nitrogens with zero attached hydrogens (tertiary/aromatic N) is 3. The van der Waals surface area contributed by atoms with E-state index < -0.39 is 0 Å². The van der Waals surface area contributed by atoms with Crippen LogP contribution in [0.2, 0.25) is 5.15 Å². The molecule has 0 unspecified atom stereocenters. The molecule has 0 aliphatic carbocycles. The number of hydrogen-bond donors (Lipinski definition) is 0. The SMILES string of the molecule is O=C(c1c(Cl)n(-c2ccccc2)c2ccccc12)N1CCN(Cc2ccc3c(c2)OCO3)CC1. The second-order valence-electron chi connectivity index (χ2n) is 8.61.